The summed E-state index contributed by atoms with van der Waals surface area (Å²) in [6, 6.07) is 0. The molecule has 0 spiro atoms. The maximum Gasteiger partial charge on any atom is 0.0883 e. The fourth-order valence-corrected chi connectivity index (χ4v) is 8.47. The molecule has 4 aliphatic rings. The third-order valence-electron chi connectivity index (χ3n) is 10.1. The van der Waals surface area contributed by atoms with Gasteiger partial charge in [-0.25, -0.2) is 0 Å². The van der Waals surface area contributed by atoms with E-state index in [2.05, 4.69) is 20.4 Å². The Kier molecular flexibility index (Phi) is 5.42. The Morgan fingerprint density at radius 3 is 2.52 bits per heavy atom. The van der Waals surface area contributed by atoms with Crippen molar-refractivity contribution in [2.75, 3.05) is 7.11 Å². The van der Waals surface area contributed by atoms with E-state index in [0.29, 0.717) is 10.8 Å². The normalized spacial score (nSPS) is 49.0. The molecule has 2 heteroatoms. The molecule has 4 saturated carbocycles. The van der Waals surface area contributed by atoms with Gasteiger partial charge in [0.25, 0.3) is 0 Å². The minimum atomic E-state index is -0.0220. The molecule has 0 aromatic heterocycles. The Morgan fingerprint density at radius 2 is 1.74 bits per heavy atom. The molecule has 2 nitrogen and oxygen atoms in total. The smallest absolute Gasteiger partial charge is 0.0883 e. The van der Waals surface area contributed by atoms with Crippen LogP contribution >= 0.6 is 0 Å². The summed E-state index contributed by atoms with van der Waals surface area (Å²) in [5.74, 6) is 5.48. The van der Waals surface area contributed by atoms with Crippen molar-refractivity contribution in [1.29, 1.82) is 0 Å². The van der Waals surface area contributed by atoms with Gasteiger partial charge in [0.05, 0.1) is 19.0 Å². The van der Waals surface area contributed by atoms with Crippen molar-refractivity contribution in [2.45, 2.75) is 97.0 Å². The highest BCUT2D eigenvalue weighted by Crippen LogP contribution is 2.67. The summed E-state index contributed by atoms with van der Waals surface area (Å²) in [6.07, 6.45) is 15.6. The van der Waals surface area contributed by atoms with E-state index in [1.54, 1.807) is 7.11 Å². The summed E-state index contributed by atoms with van der Waals surface area (Å²) >= 11 is 0. The van der Waals surface area contributed by atoms with Crippen LogP contribution in [0.25, 0.3) is 0 Å². The Bertz CT molecular complexity index is 557. The molecule has 0 amide bonds. The van der Waals surface area contributed by atoms with Crippen molar-refractivity contribution in [2.24, 2.45) is 40.4 Å². The van der Waals surface area contributed by atoms with Crippen LogP contribution < -0.4 is 0 Å². The van der Waals surface area contributed by atoms with Gasteiger partial charge < -0.3 is 9.84 Å². The third kappa shape index (κ3) is 3.28. The molecule has 27 heavy (non-hydrogen) atoms. The molecule has 8 unspecified atom stereocenters. The average Bonchev–Trinajstić information content (AvgIpc) is 2.99. The number of ether oxygens (including phenoxy) is 1. The highest BCUT2D eigenvalue weighted by atomic mass is 16.5. The summed E-state index contributed by atoms with van der Waals surface area (Å²) in [4.78, 5) is 0. The average molecular weight is 375 g/mol. The van der Waals surface area contributed by atoms with Gasteiger partial charge in [0.1, 0.15) is 0 Å². The maximum atomic E-state index is 10.2. The molecule has 4 aliphatic carbocycles. The maximum absolute atomic E-state index is 10.2. The monoisotopic (exact) mass is 374 g/mol. The predicted molar refractivity (Wildman–Crippen MR) is 111 cm³/mol. The molecule has 154 valence electrons. The lowest BCUT2D eigenvalue weighted by Gasteiger charge is -2.61. The van der Waals surface area contributed by atoms with Crippen molar-refractivity contribution < 1.29 is 9.84 Å². The Morgan fingerprint density at radius 1 is 1.00 bits per heavy atom. The van der Waals surface area contributed by atoms with Crippen LogP contribution in [0, 0.1) is 40.4 Å². The van der Waals surface area contributed by atoms with Gasteiger partial charge in [0.15, 0.2) is 0 Å². The lowest BCUT2D eigenvalue weighted by Crippen LogP contribution is -2.53. The second-order valence-electron chi connectivity index (χ2n) is 11.0. The highest BCUT2D eigenvalue weighted by molar-refractivity contribution is 5.09. The summed E-state index contributed by atoms with van der Waals surface area (Å²) in [5.41, 5.74) is 1.09. The fourth-order valence-electron chi connectivity index (χ4n) is 8.47. The molecule has 0 aromatic carbocycles. The molecule has 4 rings (SSSR count). The first-order chi connectivity index (χ1) is 12.9. The van der Waals surface area contributed by atoms with Crippen LogP contribution in [0.3, 0.4) is 0 Å². The zero-order valence-electron chi connectivity index (χ0n) is 18.0. The van der Waals surface area contributed by atoms with Gasteiger partial charge in [0, 0.05) is 6.42 Å². The first kappa shape index (κ1) is 19.8. The van der Waals surface area contributed by atoms with Crippen molar-refractivity contribution in [1.82, 2.24) is 0 Å². The second kappa shape index (κ2) is 7.39. The zero-order valence-corrected chi connectivity index (χ0v) is 18.0. The molecule has 0 saturated heterocycles. The largest absolute Gasteiger partial charge is 0.502 e. The third-order valence-corrected chi connectivity index (χ3v) is 10.1. The van der Waals surface area contributed by atoms with Crippen LogP contribution in [-0.2, 0) is 4.74 Å². The molecule has 0 radical (unpaired) electrons. The number of rotatable bonds is 5. The van der Waals surface area contributed by atoms with E-state index < -0.39 is 0 Å². The fraction of sp³-hybridized carbons (Fsp3) is 0.920. The highest BCUT2D eigenvalue weighted by Gasteiger charge is 2.59. The number of fused-ring (bicyclic) bond motifs is 5. The SMILES string of the molecule is C=C(CCCC1CCC2C3CCC4CC(O)CCC4(C)C3CCC12C)OC. The van der Waals surface area contributed by atoms with Gasteiger partial charge in [-0.2, -0.15) is 0 Å². The molecule has 1 N–H and O–H groups in total. The van der Waals surface area contributed by atoms with Gasteiger partial charge in [-0.3, -0.25) is 0 Å². The number of allylic oxidation sites excluding steroid dienone is 1. The van der Waals surface area contributed by atoms with Gasteiger partial charge in [-0.1, -0.05) is 20.4 Å². The molecular formula is C25H42O2. The van der Waals surface area contributed by atoms with E-state index in [-0.39, 0.29) is 6.10 Å². The van der Waals surface area contributed by atoms with Crippen molar-refractivity contribution in [3.05, 3.63) is 12.3 Å². The van der Waals surface area contributed by atoms with Crippen molar-refractivity contribution in [3.63, 3.8) is 0 Å². The van der Waals surface area contributed by atoms with Gasteiger partial charge in [0.2, 0.25) is 0 Å². The van der Waals surface area contributed by atoms with Crippen LogP contribution in [0.4, 0.5) is 0 Å². The molecule has 0 aliphatic heterocycles. The second-order valence-corrected chi connectivity index (χ2v) is 11.0. The Balaban J connectivity index is 1.45. The van der Waals surface area contributed by atoms with Crippen LogP contribution in [0.15, 0.2) is 12.3 Å². The van der Waals surface area contributed by atoms with E-state index in [0.717, 1.165) is 54.6 Å². The first-order valence-electron chi connectivity index (χ1n) is 11.8. The van der Waals surface area contributed by atoms with Gasteiger partial charge >= 0.3 is 0 Å². The number of methoxy groups -OCH3 is 1. The molecule has 0 aromatic rings. The lowest BCUT2D eigenvalue weighted by atomic mass is 9.44. The Labute approximate surface area is 167 Å². The number of hydrogen-bond acceptors (Lipinski definition) is 2. The Hall–Kier alpha value is -0.500. The quantitative estimate of drug-likeness (QED) is 0.569. The molecular weight excluding hydrogens is 332 g/mol. The molecule has 4 fully saturated rings. The van der Waals surface area contributed by atoms with Crippen LogP contribution in [0.2, 0.25) is 0 Å². The van der Waals surface area contributed by atoms with Gasteiger partial charge in [-0.05, 0) is 111 Å². The minimum Gasteiger partial charge on any atom is -0.502 e. The minimum absolute atomic E-state index is 0.0220. The summed E-state index contributed by atoms with van der Waals surface area (Å²) < 4.78 is 5.27. The molecule has 0 heterocycles. The zero-order chi connectivity index (χ0) is 19.2. The number of aliphatic hydroxyl groups is 1. The van der Waals surface area contributed by atoms with Crippen LogP contribution in [0.5, 0.6) is 0 Å². The molecule has 0 bridgehead atoms. The van der Waals surface area contributed by atoms with Crippen molar-refractivity contribution in [3.8, 4) is 0 Å². The van der Waals surface area contributed by atoms with Gasteiger partial charge in [-0.15, -0.1) is 0 Å². The standard InChI is InChI=1S/C25H42O2/c1-17(27-4)6-5-7-18-9-11-22-21-10-8-19-16-20(26)12-14-25(19,3)23(21)13-15-24(18,22)2/h18-23,26H,1,5-16H2,2-4H3. The number of hydrogen-bond donors (Lipinski definition) is 1. The summed E-state index contributed by atoms with van der Waals surface area (Å²) in [7, 11) is 1.75. The first-order valence-corrected chi connectivity index (χ1v) is 11.8. The summed E-state index contributed by atoms with van der Waals surface area (Å²) in [5, 5.41) is 10.2. The van der Waals surface area contributed by atoms with E-state index >= 15 is 0 Å². The van der Waals surface area contributed by atoms with E-state index in [4.69, 9.17) is 4.74 Å². The molecule has 8 atom stereocenters. The van der Waals surface area contributed by atoms with E-state index in [9.17, 15) is 5.11 Å². The van der Waals surface area contributed by atoms with Crippen LogP contribution in [-0.4, -0.2) is 18.3 Å². The lowest BCUT2D eigenvalue weighted by molar-refractivity contribution is -0.127. The predicted octanol–water partition coefficient (Wildman–Crippen LogP) is 6.34. The number of aliphatic hydroxyl groups excluding tert-OH is 1. The van der Waals surface area contributed by atoms with Crippen LogP contribution in [0.1, 0.15) is 90.9 Å². The van der Waals surface area contributed by atoms with E-state index in [1.807, 2.05) is 0 Å². The van der Waals surface area contributed by atoms with E-state index in [1.165, 1.54) is 57.8 Å². The topological polar surface area (TPSA) is 29.5 Å². The summed E-state index contributed by atoms with van der Waals surface area (Å²) in [6.45, 7) is 9.25. The van der Waals surface area contributed by atoms with Crippen molar-refractivity contribution >= 4 is 0 Å².